The molecule has 2 unspecified atom stereocenters. The number of alkyl halides is 1. The number of rotatable bonds is 4. The minimum Gasteiger partial charge on any atom is -0.0839 e. The van der Waals surface area contributed by atoms with Crippen molar-refractivity contribution < 1.29 is 0 Å². The standard InChI is InChI=1S/C20H25Br/c1-15(20(2,3)4)14-19(21)18-12-10-17(11-13-18)16-8-6-5-7-9-16/h5-13,15,19H,14H2,1-4H3. The molecule has 2 rings (SSSR count). The van der Waals surface area contributed by atoms with E-state index < -0.39 is 0 Å². The zero-order valence-electron chi connectivity index (χ0n) is 13.4. The van der Waals surface area contributed by atoms with E-state index in [9.17, 15) is 0 Å². The van der Waals surface area contributed by atoms with E-state index in [0.717, 1.165) is 6.42 Å². The Morgan fingerprint density at radius 1 is 0.857 bits per heavy atom. The molecule has 0 aliphatic rings. The Balaban J connectivity index is 2.09. The number of benzene rings is 2. The molecule has 0 fully saturated rings. The summed E-state index contributed by atoms with van der Waals surface area (Å²) in [5.74, 6) is 0.677. The SMILES string of the molecule is CC(CC(Br)c1ccc(-c2ccccc2)cc1)C(C)(C)C. The summed E-state index contributed by atoms with van der Waals surface area (Å²) >= 11 is 3.86. The van der Waals surface area contributed by atoms with Crippen LogP contribution >= 0.6 is 15.9 Å². The fraction of sp³-hybridized carbons (Fsp3) is 0.400. The second kappa shape index (κ2) is 6.79. The smallest absolute Gasteiger partial charge is 0.0398 e. The van der Waals surface area contributed by atoms with Crippen LogP contribution in [0.4, 0.5) is 0 Å². The summed E-state index contributed by atoms with van der Waals surface area (Å²) in [6, 6.07) is 19.5. The largest absolute Gasteiger partial charge is 0.0839 e. The van der Waals surface area contributed by atoms with E-state index in [0.29, 0.717) is 16.2 Å². The van der Waals surface area contributed by atoms with Crippen molar-refractivity contribution in [3.63, 3.8) is 0 Å². The van der Waals surface area contributed by atoms with Crippen LogP contribution in [0.5, 0.6) is 0 Å². The Morgan fingerprint density at radius 3 is 1.90 bits per heavy atom. The summed E-state index contributed by atoms with van der Waals surface area (Å²) < 4.78 is 0. The van der Waals surface area contributed by atoms with Gasteiger partial charge in [-0.3, -0.25) is 0 Å². The zero-order chi connectivity index (χ0) is 15.5. The van der Waals surface area contributed by atoms with Crippen LogP contribution in [-0.4, -0.2) is 0 Å². The third-order valence-corrected chi connectivity index (χ3v) is 5.32. The summed E-state index contributed by atoms with van der Waals surface area (Å²) in [7, 11) is 0. The van der Waals surface area contributed by atoms with Crippen LogP contribution in [0.1, 0.15) is 44.5 Å². The monoisotopic (exact) mass is 344 g/mol. The van der Waals surface area contributed by atoms with E-state index in [2.05, 4.69) is 98.2 Å². The molecule has 1 heteroatoms. The summed E-state index contributed by atoms with van der Waals surface area (Å²) in [5, 5.41) is 0. The van der Waals surface area contributed by atoms with Crippen LogP contribution in [0.3, 0.4) is 0 Å². The normalized spacial score (nSPS) is 14.7. The van der Waals surface area contributed by atoms with Gasteiger partial charge in [0.15, 0.2) is 0 Å². The van der Waals surface area contributed by atoms with Gasteiger partial charge in [-0.1, -0.05) is 98.2 Å². The zero-order valence-corrected chi connectivity index (χ0v) is 15.0. The lowest BCUT2D eigenvalue weighted by Crippen LogP contribution is -2.18. The molecule has 2 aromatic rings. The molecule has 0 saturated carbocycles. The molecule has 0 saturated heterocycles. The number of hydrogen-bond acceptors (Lipinski definition) is 0. The predicted octanol–water partition coefficient (Wildman–Crippen LogP) is 6.86. The molecule has 0 aromatic heterocycles. The third-order valence-electron chi connectivity index (χ3n) is 4.42. The maximum atomic E-state index is 3.86. The molecule has 0 amide bonds. The second-order valence-corrected chi connectivity index (χ2v) is 8.06. The number of halogens is 1. The van der Waals surface area contributed by atoms with Crippen molar-refractivity contribution in [3.8, 4) is 11.1 Å². The molecule has 0 spiro atoms. The molecule has 21 heavy (non-hydrogen) atoms. The van der Waals surface area contributed by atoms with Crippen LogP contribution in [0.15, 0.2) is 54.6 Å². The molecule has 0 aliphatic carbocycles. The van der Waals surface area contributed by atoms with E-state index in [1.165, 1.54) is 16.7 Å². The highest BCUT2D eigenvalue weighted by molar-refractivity contribution is 9.09. The molecular weight excluding hydrogens is 320 g/mol. The van der Waals surface area contributed by atoms with Crippen LogP contribution in [-0.2, 0) is 0 Å². The molecule has 0 bridgehead atoms. The van der Waals surface area contributed by atoms with Gasteiger partial charge in [0.25, 0.3) is 0 Å². The van der Waals surface area contributed by atoms with Gasteiger partial charge in [0.2, 0.25) is 0 Å². The Kier molecular flexibility index (Phi) is 5.27. The maximum absolute atomic E-state index is 3.86. The summed E-state index contributed by atoms with van der Waals surface area (Å²) in [5.41, 5.74) is 4.28. The van der Waals surface area contributed by atoms with Gasteiger partial charge in [-0.2, -0.15) is 0 Å². The summed E-state index contributed by atoms with van der Waals surface area (Å²) in [6.45, 7) is 9.29. The van der Waals surface area contributed by atoms with Crippen molar-refractivity contribution in [2.45, 2.75) is 38.9 Å². The predicted molar refractivity (Wildman–Crippen MR) is 96.8 cm³/mol. The molecule has 0 aliphatic heterocycles. The lowest BCUT2D eigenvalue weighted by molar-refractivity contribution is 0.246. The van der Waals surface area contributed by atoms with Crippen LogP contribution < -0.4 is 0 Å². The van der Waals surface area contributed by atoms with E-state index in [1.807, 2.05) is 0 Å². The van der Waals surface area contributed by atoms with Gasteiger partial charge in [-0.25, -0.2) is 0 Å². The average molecular weight is 345 g/mol. The first-order valence-electron chi connectivity index (χ1n) is 7.67. The summed E-state index contributed by atoms with van der Waals surface area (Å²) in [4.78, 5) is 0.427. The molecule has 0 heterocycles. The minimum atomic E-state index is 0.357. The fourth-order valence-electron chi connectivity index (χ4n) is 2.32. The minimum absolute atomic E-state index is 0.357. The lowest BCUT2D eigenvalue weighted by atomic mass is 9.79. The van der Waals surface area contributed by atoms with E-state index in [1.54, 1.807) is 0 Å². The Labute approximate surface area is 137 Å². The topological polar surface area (TPSA) is 0 Å². The summed E-state index contributed by atoms with van der Waals surface area (Å²) in [6.07, 6.45) is 1.16. The van der Waals surface area contributed by atoms with Gasteiger partial charge in [0.1, 0.15) is 0 Å². The van der Waals surface area contributed by atoms with Gasteiger partial charge < -0.3 is 0 Å². The van der Waals surface area contributed by atoms with E-state index >= 15 is 0 Å². The molecule has 2 atom stereocenters. The van der Waals surface area contributed by atoms with Crippen LogP contribution in [0.25, 0.3) is 11.1 Å². The fourth-order valence-corrected chi connectivity index (χ4v) is 3.18. The first-order valence-corrected chi connectivity index (χ1v) is 8.59. The van der Waals surface area contributed by atoms with Gasteiger partial charge in [0.05, 0.1) is 0 Å². The highest BCUT2D eigenvalue weighted by atomic mass is 79.9. The van der Waals surface area contributed by atoms with Crippen molar-refractivity contribution in [1.82, 2.24) is 0 Å². The van der Waals surface area contributed by atoms with Crippen LogP contribution in [0, 0.1) is 11.3 Å². The lowest BCUT2D eigenvalue weighted by Gasteiger charge is -2.29. The molecule has 0 N–H and O–H groups in total. The van der Waals surface area contributed by atoms with Crippen molar-refractivity contribution in [1.29, 1.82) is 0 Å². The molecule has 112 valence electrons. The highest BCUT2D eigenvalue weighted by Gasteiger charge is 2.23. The Morgan fingerprint density at radius 2 is 1.38 bits per heavy atom. The van der Waals surface area contributed by atoms with Crippen molar-refractivity contribution in [2.75, 3.05) is 0 Å². The second-order valence-electron chi connectivity index (χ2n) is 6.96. The number of hydrogen-bond donors (Lipinski definition) is 0. The Bertz CT molecular complexity index is 549. The van der Waals surface area contributed by atoms with Gasteiger partial charge in [-0.05, 0) is 34.4 Å². The van der Waals surface area contributed by atoms with Crippen molar-refractivity contribution >= 4 is 15.9 Å². The third kappa shape index (κ3) is 4.44. The van der Waals surface area contributed by atoms with Gasteiger partial charge in [-0.15, -0.1) is 0 Å². The van der Waals surface area contributed by atoms with Crippen LogP contribution in [0.2, 0.25) is 0 Å². The molecular formula is C20H25Br. The Hall–Kier alpha value is -1.08. The van der Waals surface area contributed by atoms with Gasteiger partial charge >= 0.3 is 0 Å². The maximum Gasteiger partial charge on any atom is 0.0398 e. The highest BCUT2D eigenvalue weighted by Crippen LogP contribution is 2.37. The van der Waals surface area contributed by atoms with Crippen molar-refractivity contribution in [2.24, 2.45) is 11.3 Å². The molecule has 2 aromatic carbocycles. The first-order chi connectivity index (χ1) is 9.88. The van der Waals surface area contributed by atoms with E-state index in [-0.39, 0.29) is 0 Å². The van der Waals surface area contributed by atoms with Crippen molar-refractivity contribution in [3.05, 3.63) is 60.2 Å². The molecule has 0 radical (unpaired) electrons. The van der Waals surface area contributed by atoms with Gasteiger partial charge in [0, 0.05) is 4.83 Å². The average Bonchev–Trinajstić information content (AvgIpc) is 2.47. The van der Waals surface area contributed by atoms with E-state index in [4.69, 9.17) is 0 Å². The quantitative estimate of drug-likeness (QED) is 0.531. The first kappa shape index (κ1) is 16.3. The molecule has 0 nitrogen and oxygen atoms in total.